The molecule has 0 aromatic rings. The number of hydrogen-bond acceptors (Lipinski definition) is 15. The highest BCUT2D eigenvalue weighted by molar-refractivity contribution is 7.47. The van der Waals surface area contributed by atoms with Crippen LogP contribution in [0.15, 0.2) is 0 Å². The van der Waals surface area contributed by atoms with E-state index in [2.05, 4.69) is 55.4 Å². The van der Waals surface area contributed by atoms with Gasteiger partial charge in [0, 0.05) is 25.7 Å². The van der Waals surface area contributed by atoms with Gasteiger partial charge in [-0.1, -0.05) is 325 Å². The number of aliphatic hydroxyl groups is 1. The summed E-state index contributed by atoms with van der Waals surface area (Å²) in [5.41, 5.74) is 0. The summed E-state index contributed by atoms with van der Waals surface area (Å²) >= 11 is 0. The highest BCUT2D eigenvalue weighted by atomic mass is 31.2. The molecule has 17 nitrogen and oxygen atoms in total. The standard InChI is InChI=1S/C75H146O17P2/c1-65(2)51-43-35-27-20-16-12-10-9-11-13-18-22-32-41-49-57-74(79)91-70(61-85-72(77)55-47-39-31-25-24-29-37-45-53-67(5)6)63-89-93(81,82)87-59-69(76)60-88-94(83,84)90-64-71(62-86-73(78)56-48-40-34-26-30-38-46-54-68(7)8)92-75(80)58-50-42-33-23-19-15-14-17-21-28-36-44-52-66(3)4/h65-71,76H,9-64H2,1-8H3,(H,81,82)(H,83,84)/t69?,70-,71-/m1/s1. The number of unbranched alkanes of at least 4 members (excludes halogenated alkanes) is 38. The average molecular weight is 1380 g/mol. The Hall–Kier alpha value is -1.94. The molecule has 0 rings (SSSR count). The van der Waals surface area contributed by atoms with Gasteiger partial charge in [-0.25, -0.2) is 9.13 Å². The molecule has 0 spiro atoms. The van der Waals surface area contributed by atoms with Crippen molar-refractivity contribution < 1.29 is 80.2 Å². The lowest BCUT2D eigenvalue weighted by Crippen LogP contribution is -2.30. The lowest BCUT2D eigenvalue weighted by Gasteiger charge is -2.21. The first-order valence-corrected chi connectivity index (χ1v) is 41.7. The summed E-state index contributed by atoms with van der Waals surface area (Å²) in [6.45, 7) is 14.1. The Bertz CT molecular complexity index is 1850. The zero-order chi connectivity index (χ0) is 69.6. The molecule has 3 unspecified atom stereocenters. The molecule has 0 aliphatic heterocycles. The zero-order valence-electron chi connectivity index (χ0n) is 61.6. The molecule has 0 aliphatic rings. The van der Waals surface area contributed by atoms with Gasteiger partial charge in [0.25, 0.3) is 0 Å². The molecule has 94 heavy (non-hydrogen) atoms. The van der Waals surface area contributed by atoms with Crippen molar-refractivity contribution >= 4 is 39.5 Å². The summed E-state index contributed by atoms with van der Waals surface area (Å²) < 4.78 is 68.5. The van der Waals surface area contributed by atoms with Crippen LogP contribution in [0.4, 0.5) is 0 Å². The Kier molecular flexibility index (Phi) is 63.1. The molecule has 558 valence electrons. The van der Waals surface area contributed by atoms with E-state index in [0.717, 1.165) is 114 Å². The van der Waals surface area contributed by atoms with Gasteiger partial charge in [0.15, 0.2) is 12.2 Å². The molecule has 0 fully saturated rings. The zero-order valence-corrected chi connectivity index (χ0v) is 63.4. The second-order valence-electron chi connectivity index (χ2n) is 28.9. The van der Waals surface area contributed by atoms with Crippen molar-refractivity contribution in [2.45, 2.75) is 395 Å². The third-order valence-corrected chi connectivity index (χ3v) is 19.2. The van der Waals surface area contributed by atoms with E-state index in [1.807, 2.05) is 0 Å². The van der Waals surface area contributed by atoms with E-state index in [1.54, 1.807) is 0 Å². The minimum absolute atomic E-state index is 0.106. The number of phosphoric ester groups is 2. The van der Waals surface area contributed by atoms with E-state index in [9.17, 15) is 43.2 Å². The van der Waals surface area contributed by atoms with Gasteiger partial charge < -0.3 is 33.8 Å². The van der Waals surface area contributed by atoms with Crippen LogP contribution in [0.1, 0.15) is 376 Å². The van der Waals surface area contributed by atoms with Crippen molar-refractivity contribution in [3.05, 3.63) is 0 Å². The highest BCUT2D eigenvalue weighted by Gasteiger charge is 2.30. The molecule has 0 aliphatic carbocycles. The maximum absolute atomic E-state index is 13.1. The van der Waals surface area contributed by atoms with E-state index in [0.29, 0.717) is 31.6 Å². The van der Waals surface area contributed by atoms with Crippen molar-refractivity contribution in [2.24, 2.45) is 23.7 Å². The van der Waals surface area contributed by atoms with Crippen molar-refractivity contribution in [3.8, 4) is 0 Å². The van der Waals surface area contributed by atoms with Gasteiger partial charge in [-0.05, 0) is 49.4 Å². The number of hydrogen-bond donors (Lipinski definition) is 3. The van der Waals surface area contributed by atoms with Crippen LogP contribution >= 0.6 is 15.6 Å². The number of carbonyl (C=O) groups excluding carboxylic acids is 4. The Balaban J connectivity index is 5.23. The lowest BCUT2D eigenvalue weighted by atomic mass is 10.0. The predicted molar refractivity (Wildman–Crippen MR) is 381 cm³/mol. The first kappa shape index (κ1) is 92.1. The molecular formula is C75H146O17P2. The van der Waals surface area contributed by atoms with Crippen LogP contribution < -0.4 is 0 Å². The first-order valence-electron chi connectivity index (χ1n) is 38.7. The fraction of sp³-hybridized carbons (Fsp3) is 0.947. The van der Waals surface area contributed by atoms with Crippen LogP contribution in [-0.4, -0.2) is 96.7 Å². The van der Waals surface area contributed by atoms with Gasteiger partial charge in [-0.2, -0.15) is 0 Å². The molecule has 19 heteroatoms. The minimum Gasteiger partial charge on any atom is -0.462 e. The van der Waals surface area contributed by atoms with Crippen LogP contribution in [0, 0.1) is 23.7 Å². The Morgan fingerprint density at radius 1 is 0.266 bits per heavy atom. The van der Waals surface area contributed by atoms with E-state index < -0.39 is 97.5 Å². The van der Waals surface area contributed by atoms with Crippen LogP contribution in [0.3, 0.4) is 0 Å². The predicted octanol–water partition coefficient (Wildman–Crippen LogP) is 21.7. The Labute approximate surface area is 575 Å². The van der Waals surface area contributed by atoms with E-state index in [1.165, 1.54) is 173 Å². The van der Waals surface area contributed by atoms with Gasteiger partial charge in [-0.3, -0.25) is 37.3 Å². The summed E-state index contributed by atoms with van der Waals surface area (Å²) in [5.74, 6) is 0.887. The number of ether oxygens (including phenoxy) is 4. The molecule has 3 N–H and O–H groups in total. The maximum atomic E-state index is 13.1. The molecule has 0 radical (unpaired) electrons. The average Bonchev–Trinajstić information content (AvgIpc) is 2.35. The second kappa shape index (κ2) is 64.4. The number of rotatable bonds is 72. The quantitative estimate of drug-likeness (QED) is 0.0222. The molecule has 0 bridgehead atoms. The van der Waals surface area contributed by atoms with Crippen LogP contribution in [0.25, 0.3) is 0 Å². The smallest absolute Gasteiger partial charge is 0.462 e. The maximum Gasteiger partial charge on any atom is 0.472 e. The molecule has 5 atom stereocenters. The molecule has 0 saturated heterocycles. The lowest BCUT2D eigenvalue weighted by molar-refractivity contribution is -0.161. The summed E-state index contributed by atoms with van der Waals surface area (Å²) in [5, 5.41) is 10.6. The monoisotopic (exact) mass is 1380 g/mol. The fourth-order valence-corrected chi connectivity index (χ4v) is 13.0. The van der Waals surface area contributed by atoms with Crippen LogP contribution in [0.2, 0.25) is 0 Å². The van der Waals surface area contributed by atoms with E-state index in [-0.39, 0.29) is 25.7 Å². The largest absolute Gasteiger partial charge is 0.472 e. The van der Waals surface area contributed by atoms with Crippen LogP contribution in [-0.2, 0) is 65.4 Å². The normalized spacial score (nSPS) is 14.2. The topological polar surface area (TPSA) is 237 Å². The van der Waals surface area contributed by atoms with Crippen molar-refractivity contribution in [2.75, 3.05) is 39.6 Å². The Morgan fingerprint density at radius 2 is 0.447 bits per heavy atom. The summed E-state index contributed by atoms with van der Waals surface area (Å²) in [6, 6.07) is 0. The summed E-state index contributed by atoms with van der Waals surface area (Å²) in [6.07, 6.45) is 48.7. The molecule has 0 aromatic heterocycles. The second-order valence-corrected chi connectivity index (χ2v) is 31.9. The number of aliphatic hydroxyl groups excluding tert-OH is 1. The summed E-state index contributed by atoms with van der Waals surface area (Å²) in [7, 11) is -9.91. The number of esters is 4. The summed E-state index contributed by atoms with van der Waals surface area (Å²) in [4.78, 5) is 72.7. The number of phosphoric acid groups is 2. The van der Waals surface area contributed by atoms with Crippen LogP contribution in [0.5, 0.6) is 0 Å². The van der Waals surface area contributed by atoms with Gasteiger partial charge >= 0.3 is 39.5 Å². The van der Waals surface area contributed by atoms with Crippen molar-refractivity contribution in [1.82, 2.24) is 0 Å². The van der Waals surface area contributed by atoms with Gasteiger partial charge in [0.05, 0.1) is 26.4 Å². The molecular weight excluding hydrogens is 1230 g/mol. The van der Waals surface area contributed by atoms with Gasteiger partial charge in [0.1, 0.15) is 19.3 Å². The van der Waals surface area contributed by atoms with Crippen molar-refractivity contribution in [3.63, 3.8) is 0 Å². The van der Waals surface area contributed by atoms with Gasteiger partial charge in [-0.15, -0.1) is 0 Å². The Morgan fingerprint density at radius 3 is 0.660 bits per heavy atom. The van der Waals surface area contributed by atoms with E-state index >= 15 is 0 Å². The van der Waals surface area contributed by atoms with E-state index in [4.69, 9.17) is 37.0 Å². The number of carbonyl (C=O) groups is 4. The third kappa shape index (κ3) is 68.6. The minimum atomic E-state index is -4.96. The van der Waals surface area contributed by atoms with Crippen molar-refractivity contribution in [1.29, 1.82) is 0 Å². The molecule has 0 amide bonds. The third-order valence-electron chi connectivity index (χ3n) is 17.3. The highest BCUT2D eigenvalue weighted by Crippen LogP contribution is 2.45. The molecule has 0 saturated carbocycles. The molecule has 0 heterocycles. The fourth-order valence-electron chi connectivity index (χ4n) is 11.4. The SMILES string of the molecule is CC(C)CCCCCCCCCCCCCCCCCC(=O)O[C@H](COC(=O)CCCCCCCCCCC(C)C)COP(=O)(O)OCC(O)COP(=O)(O)OC[C@@H](COC(=O)CCCCCCCCCC(C)C)OC(=O)CCCCCCCCCCCCCCC(C)C. The molecule has 0 aromatic carbocycles. The first-order chi connectivity index (χ1) is 45.1. The van der Waals surface area contributed by atoms with Gasteiger partial charge in [0.2, 0.25) is 0 Å².